The van der Waals surface area contributed by atoms with Crippen molar-refractivity contribution in [3.05, 3.63) is 57.4 Å². The summed E-state index contributed by atoms with van der Waals surface area (Å²) in [6.07, 6.45) is 5.01. The lowest BCUT2D eigenvalue weighted by molar-refractivity contribution is 0.0977. The van der Waals surface area contributed by atoms with Crippen LogP contribution in [0.2, 0.25) is 5.02 Å². The van der Waals surface area contributed by atoms with Crippen molar-refractivity contribution >= 4 is 42.1 Å². The highest BCUT2D eigenvalue weighted by molar-refractivity contribution is 7.90. The van der Waals surface area contributed by atoms with Crippen LogP contribution in [-0.2, 0) is 16.4 Å². The molecule has 1 saturated heterocycles. The summed E-state index contributed by atoms with van der Waals surface area (Å²) < 4.78 is 45.4. The number of amides is 1. The average Bonchev–Trinajstić information content (AvgIpc) is 3.71. The van der Waals surface area contributed by atoms with E-state index >= 15 is 0 Å². The molecule has 2 fully saturated rings. The van der Waals surface area contributed by atoms with Crippen molar-refractivity contribution in [3.8, 4) is 5.75 Å². The van der Waals surface area contributed by atoms with Crippen LogP contribution in [-0.4, -0.2) is 39.8 Å². The van der Waals surface area contributed by atoms with Crippen molar-refractivity contribution in [3.63, 3.8) is 0 Å². The SMILES string of the molecule is CCS(=O)(=O)NC(=O)c1cc(C2CC2)c(OCC2CCNCC2)cc1F.CCc1cc(C)cc(Cl)c1P. The first kappa shape index (κ1) is 29.8. The third-order valence-corrected chi connectivity index (χ3v) is 9.10. The number of carbonyl (C=O) groups is 1. The van der Waals surface area contributed by atoms with Crippen LogP contribution in [0.1, 0.15) is 72.5 Å². The van der Waals surface area contributed by atoms with Gasteiger partial charge in [0.15, 0.2) is 0 Å². The Bertz CT molecular complexity index is 1220. The highest BCUT2D eigenvalue weighted by atomic mass is 35.5. The molecule has 1 unspecified atom stereocenters. The number of piperidine rings is 1. The predicted molar refractivity (Wildman–Crippen MR) is 151 cm³/mol. The quantitative estimate of drug-likeness (QED) is 0.442. The molecule has 6 nitrogen and oxygen atoms in total. The minimum absolute atomic E-state index is 0.243. The van der Waals surface area contributed by atoms with Gasteiger partial charge < -0.3 is 10.1 Å². The molecule has 4 rings (SSSR count). The van der Waals surface area contributed by atoms with Gasteiger partial charge in [-0.05, 0) is 105 Å². The lowest BCUT2D eigenvalue weighted by Crippen LogP contribution is -2.32. The summed E-state index contributed by atoms with van der Waals surface area (Å²) in [4.78, 5) is 12.2. The predicted octanol–water partition coefficient (Wildman–Crippen LogP) is 4.87. The summed E-state index contributed by atoms with van der Waals surface area (Å²) in [6.45, 7) is 8.06. The number of rotatable bonds is 8. The second kappa shape index (κ2) is 13.4. The van der Waals surface area contributed by atoms with Crippen molar-refractivity contribution in [2.24, 2.45) is 5.92 Å². The first-order valence-corrected chi connectivity index (χ1v) is 15.4. The molecule has 0 radical (unpaired) electrons. The third kappa shape index (κ3) is 8.64. The summed E-state index contributed by atoms with van der Waals surface area (Å²) in [5.41, 5.74) is 3.09. The number of hydrogen-bond acceptors (Lipinski definition) is 5. The van der Waals surface area contributed by atoms with Gasteiger partial charge in [-0.1, -0.05) is 24.6 Å². The number of benzene rings is 2. The zero-order valence-corrected chi connectivity index (χ0v) is 24.4. The molecular weight excluding hydrogens is 534 g/mol. The van der Waals surface area contributed by atoms with Crippen LogP contribution in [0.15, 0.2) is 24.3 Å². The van der Waals surface area contributed by atoms with E-state index in [4.69, 9.17) is 16.3 Å². The fourth-order valence-electron chi connectivity index (χ4n) is 4.23. The van der Waals surface area contributed by atoms with Gasteiger partial charge in [0, 0.05) is 11.1 Å². The van der Waals surface area contributed by atoms with Crippen molar-refractivity contribution < 1.29 is 22.3 Å². The van der Waals surface area contributed by atoms with Gasteiger partial charge in [-0.2, -0.15) is 0 Å². The van der Waals surface area contributed by atoms with Crippen molar-refractivity contribution in [1.29, 1.82) is 0 Å². The summed E-state index contributed by atoms with van der Waals surface area (Å²) >= 11 is 5.98. The average molecular weight is 571 g/mol. The molecule has 2 aromatic rings. The molecular formula is C27H37ClFN2O4PS. The smallest absolute Gasteiger partial charge is 0.267 e. The van der Waals surface area contributed by atoms with E-state index in [-0.39, 0.29) is 17.2 Å². The second-order valence-corrected chi connectivity index (χ2v) is 12.7. The zero-order valence-electron chi connectivity index (χ0n) is 21.7. The van der Waals surface area contributed by atoms with E-state index in [1.807, 2.05) is 10.8 Å². The van der Waals surface area contributed by atoms with Crippen LogP contribution in [0, 0.1) is 18.7 Å². The summed E-state index contributed by atoms with van der Waals surface area (Å²) in [5, 5.41) is 5.29. The molecule has 1 atom stereocenters. The van der Waals surface area contributed by atoms with Crippen LogP contribution >= 0.6 is 20.8 Å². The van der Waals surface area contributed by atoms with E-state index in [1.165, 1.54) is 30.2 Å². The van der Waals surface area contributed by atoms with Gasteiger partial charge >= 0.3 is 0 Å². The lowest BCUT2D eigenvalue weighted by atomic mass is 9.99. The van der Waals surface area contributed by atoms with Crippen LogP contribution in [0.5, 0.6) is 5.75 Å². The second-order valence-electron chi connectivity index (χ2n) is 9.66. The standard InChI is InChI=1S/C18H25FN2O4S.C9H12ClP/c1-2-26(23,24)21-18(22)15-9-14(13-3-4-13)17(10-16(15)19)25-11-12-5-7-20-8-6-12;1-3-7-4-6(2)5-8(10)9(7)11/h9-10,12-13,20H,2-8,11H2,1H3,(H,21,22);4-5H,3,11H2,1-2H3. The van der Waals surface area contributed by atoms with E-state index in [1.54, 1.807) is 0 Å². The molecule has 1 aliphatic heterocycles. The van der Waals surface area contributed by atoms with Crippen molar-refractivity contribution in [1.82, 2.24) is 10.0 Å². The van der Waals surface area contributed by atoms with Crippen LogP contribution < -0.4 is 20.1 Å². The van der Waals surface area contributed by atoms with Gasteiger partial charge in [-0.3, -0.25) is 4.79 Å². The Morgan fingerprint density at radius 3 is 2.43 bits per heavy atom. The topological polar surface area (TPSA) is 84.5 Å². The molecule has 2 aromatic carbocycles. The Labute approximate surface area is 227 Å². The summed E-state index contributed by atoms with van der Waals surface area (Å²) in [7, 11) is -1.06. The molecule has 1 saturated carbocycles. The Morgan fingerprint density at radius 2 is 1.84 bits per heavy atom. The Kier molecular flexibility index (Phi) is 10.8. The van der Waals surface area contributed by atoms with E-state index in [2.05, 4.69) is 34.5 Å². The van der Waals surface area contributed by atoms with E-state index in [9.17, 15) is 17.6 Å². The minimum atomic E-state index is -3.74. The van der Waals surface area contributed by atoms with Gasteiger partial charge in [0.1, 0.15) is 11.6 Å². The highest BCUT2D eigenvalue weighted by Crippen LogP contribution is 2.45. The lowest BCUT2D eigenvalue weighted by Gasteiger charge is -2.23. The van der Waals surface area contributed by atoms with Gasteiger partial charge in [-0.15, -0.1) is 9.24 Å². The molecule has 37 heavy (non-hydrogen) atoms. The Hall–Kier alpha value is -1.73. The number of carbonyl (C=O) groups excluding carboxylic acids is 1. The first-order chi connectivity index (χ1) is 17.5. The molecule has 2 aliphatic rings. The zero-order chi connectivity index (χ0) is 27.2. The molecule has 2 N–H and O–H groups in total. The molecule has 204 valence electrons. The maximum atomic E-state index is 14.5. The van der Waals surface area contributed by atoms with E-state index in [0.29, 0.717) is 18.3 Å². The number of ether oxygens (including phenoxy) is 1. The molecule has 0 aromatic heterocycles. The van der Waals surface area contributed by atoms with Gasteiger partial charge in [0.2, 0.25) is 10.0 Å². The van der Waals surface area contributed by atoms with E-state index in [0.717, 1.165) is 61.1 Å². The van der Waals surface area contributed by atoms with E-state index < -0.39 is 21.7 Å². The number of hydrogen-bond donors (Lipinski definition) is 2. The van der Waals surface area contributed by atoms with Gasteiger partial charge in [0.25, 0.3) is 5.91 Å². The Balaban J connectivity index is 0.000000289. The molecule has 1 amide bonds. The fourth-order valence-corrected chi connectivity index (χ4v) is 5.43. The summed E-state index contributed by atoms with van der Waals surface area (Å²) in [5.74, 6) is -0.794. The van der Waals surface area contributed by atoms with Gasteiger partial charge in [0.05, 0.1) is 17.9 Å². The minimum Gasteiger partial charge on any atom is -0.493 e. The summed E-state index contributed by atoms with van der Waals surface area (Å²) in [6, 6.07) is 6.84. The number of sulfonamides is 1. The van der Waals surface area contributed by atoms with Gasteiger partial charge in [-0.25, -0.2) is 17.5 Å². The number of nitrogens with one attached hydrogen (secondary N) is 2. The molecule has 0 bridgehead atoms. The molecule has 1 aliphatic carbocycles. The maximum Gasteiger partial charge on any atom is 0.267 e. The molecule has 10 heteroatoms. The number of aryl methyl sites for hydroxylation is 2. The van der Waals surface area contributed by atoms with Crippen LogP contribution in [0.4, 0.5) is 4.39 Å². The van der Waals surface area contributed by atoms with Crippen molar-refractivity contribution in [2.45, 2.75) is 58.8 Å². The Morgan fingerprint density at radius 1 is 1.16 bits per heavy atom. The highest BCUT2D eigenvalue weighted by Gasteiger charge is 2.30. The van der Waals surface area contributed by atoms with Crippen LogP contribution in [0.3, 0.4) is 0 Å². The fraction of sp³-hybridized carbons (Fsp3) is 0.519. The normalized spacial score (nSPS) is 16.1. The monoisotopic (exact) mass is 570 g/mol. The van der Waals surface area contributed by atoms with Crippen molar-refractivity contribution in [2.75, 3.05) is 25.4 Å². The van der Waals surface area contributed by atoms with Crippen LogP contribution in [0.25, 0.3) is 0 Å². The number of halogens is 2. The molecule has 1 heterocycles. The molecule has 0 spiro atoms. The maximum absolute atomic E-state index is 14.5. The third-order valence-electron chi connectivity index (χ3n) is 6.66. The largest absolute Gasteiger partial charge is 0.493 e. The first-order valence-electron chi connectivity index (χ1n) is 12.8.